The van der Waals surface area contributed by atoms with Crippen LogP contribution < -0.4 is 31.3 Å². The van der Waals surface area contributed by atoms with Crippen LogP contribution in [0.1, 0.15) is 109 Å². The average Bonchev–Trinajstić information content (AvgIpc) is 1.44. The first-order chi connectivity index (χ1) is 42.0. The van der Waals surface area contributed by atoms with Crippen LogP contribution in [0.4, 0.5) is 0 Å². The van der Waals surface area contributed by atoms with E-state index in [-0.39, 0.29) is 12.0 Å². The Kier molecular flexibility index (Phi) is 28.8. The fourth-order valence-electron chi connectivity index (χ4n) is 11.9. The quantitative estimate of drug-likeness (QED) is 0.0320. The van der Waals surface area contributed by atoms with Crippen LogP contribution in [0.3, 0.4) is 0 Å². The van der Waals surface area contributed by atoms with Gasteiger partial charge < -0.3 is 130 Å². The first-order valence-corrected chi connectivity index (χ1v) is 30.2. The molecule has 31 heteroatoms. The highest BCUT2D eigenvalue weighted by atomic mass is 16.8. The second-order valence-corrected chi connectivity index (χ2v) is 23.1. The summed E-state index contributed by atoms with van der Waals surface area (Å²) < 4.78 is 54.4. The third kappa shape index (κ3) is 18.9. The molecule has 88 heavy (non-hydrogen) atoms. The minimum absolute atomic E-state index is 0.127. The van der Waals surface area contributed by atoms with Gasteiger partial charge in [0.2, 0.25) is 23.6 Å². The summed E-state index contributed by atoms with van der Waals surface area (Å²) in [5, 5.41) is 146. The number of aliphatic hydroxyl groups excluding tert-OH is 12. The lowest BCUT2D eigenvalue weighted by atomic mass is 9.79. The Hall–Kier alpha value is -4.43. The van der Waals surface area contributed by atoms with Crippen LogP contribution in [0.25, 0.3) is 0 Å². The number of carbonyl (C=O) groups excluding carboxylic acids is 5. The highest BCUT2D eigenvalue weighted by Gasteiger charge is 2.57. The van der Waals surface area contributed by atoms with Crippen LogP contribution in [-0.2, 0) is 57.1 Å². The summed E-state index contributed by atoms with van der Waals surface area (Å²) in [5.74, 6) is -4.36. The summed E-state index contributed by atoms with van der Waals surface area (Å²) in [5.41, 5.74) is 0.127. The topological polar surface area (TPSA) is 471 Å². The summed E-state index contributed by atoms with van der Waals surface area (Å²) in [6.45, 7) is 2.47. The normalized spacial score (nSPS) is 37.7. The van der Waals surface area contributed by atoms with Gasteiger partial charge in [0.05, 0.1) is 51.3 Å². The minimum Gasteiger partial charge on any atom is -0.494 e. The molecule has 1 aliphatic carbocycles. The SMILES string of the molecule is CCCCCCCCCCCOc1cccc(C(=O)N[C@@H]2C(O[C@H]3C(O)C(NC(C)=O)C(OC4C(CO)O[C@@H](O[C@H]5C(O)C(NC(C)=O)C(OC6C(CO)OC(O)[C@@H](NC(C)=O)[C@H]6O)O[C@H]5CO)[C@@H](NC(C)=O)[C@H]4O)O[C@H]3CO)CC(CO)[C@@H](O)[C@@H]2O)c1. The van der Waals surface area contributed by atoms with Crippen LogP contribution in [0.15, 0.2) is 24.3 Å². The minimum atomic E-state index is -2.01. The molecule has 6 rings (SSSR count). The van der Waals surface area contributed by atoms with E-state index in [0.717, 1.165) is 53.4 Å². The van der Waals surface area contributed by atoms with Gasteiger partial charge in [-0.25, -0.2) is 0 Å². The molecule has 5 amide bonds. The molecule has 5 aliphatic rings. The number of hydrogen-bond acceptors (Lipinski definition) is 26. The van der Waals surface area contributed by atoms with Crippen LogP contribution in [0.2, 0.25) is 0 Å². The second-order valence-electron chi connectivity index (χ2n) is 23.1. The van der Waals surface area contributed by atoms with E-state index in [9.17, 15) is 85.3 Å². The molecule has 502 valence electrons. The van der Waals surface area contributed by atoms with E-state index in [4.69, 9.17) is 42.6 Å². The summed E-state index contributed by atoms with van der Waals surface area (Å²) >= 11 is 0. The third-order valence-electron chi connectivity index (χ3n) is 16.4. The van der Waals surface area contributed by atoms with Crippen molar-refractivity contribution in [2.75, 3.05) is 39.6 Å². The van der Waals surface area contributed by atoms with Crippen molar-refractivity contribution in [3.05, 3.63) is 29.8 Å². The molecule has 4 heterocycles. The van der Waals surface area contributed by atoms with Gasteiger partial charge in [-0.1, -0.05) is 64.4 Å². The largest absolute Gasteiger partial charge is 0.494 e. The number of hydrogen-bond donors (Lipinski definition) is 17. The molecule has 1 aromatic rings. The Balaban J connectivity index is 1.18. The monoisotopic (exact) mass is 1260 g/mol. The van der Waals surface area contributed by atoms with Crippen LogP contribution in [0, 0.1) is 5.92 Å². The van der Waals surface area contributed by atoms with Gasteiger partial charge in [-0.2, -0.15) is 0 Å². The van der Waals surface area contributed by atoms with E-state index in [1.165, 1.54) is 44.2 Å². The lowest BCUT2D eigenvalue weighted by Gasteiger charge is -2.51. The van der Waals surface area contributed by atoms with Gasteiger partial charge in [-0.15, -0.1) is 0 Å². The van der Waals surface area contributed by atoms with Gasteiger partial charge >= 0.3 is 0 Å². The average molecular weight is 1260 g/mol. The van der Waals surface area contributed by atoms with E-state index in [1.54, 1.807) is 12.1 Å². The molecule has 17 N–H and O–H groups in total. The fraction of sp³-hybridized carbons (Fsp3) is 0.807. The molecule has 25 atom stereocenters. The van der Waals surface area contributed by atoms with Crippen molar-refractivity contribution in [3.63, 3.8) is 0 Å². The molecular formula is C57H93N5O26. The van der Waals surface area contributed by atoms with Crippen molar-refractivity contribution < 1.29 is 128 Å². The van der Waals surface area contributed by atoms with Crippen molar-refractivity contribution in [1.29, 1.82) is 0 Å². The highest BCUT2D eigenvalue weighted by molar-refractivity contribution is 5.94. The first kappa shape index (κ1) is 72.6. The molecule has 0 radical (unpaired) electrons. The van der Waals surface area contributed by atoms with Crippen molar-refractivity contribution >= 4 is 29.5 Å². The Morgan fingerprint density at radius 1 is 0.466 bits per heavy atom. The molecule has 0 spiro atoms. The summed E-state index contributed by atoms with van der Waals surface area (Å²) in [4.78, 5) is 64.2. The van der Waals surface area contributed by atoms with E-state index in [1.807, 2.05) is 0 Å². The smallest absolute Gasteiger partial charge is 0.251 e. The van der Waals surface area contributed by atoms with Gasteiger partial charge in [0, 0.05) is 45.8 Å². The maximum atomic E-state index is 13.9. The number of unbranched alkanes of at least 4 members (excludes halogenated alkanes) is 8. The number of aliphatic hydroxyl groups is 12. The van der Waals surface area contributed by atoms with E-state index in [2.05, 4.69) is 33.5 Å². The summed E-state index contributed by atoms with van der Waals surface area (Å²) in [7, 11) is 0. The van der Waals surface area contributed by atoms with Crippen molar-refractivity contribution in [2.24, 2.45) is 5.92 Å². The molecule has 0 aromatic heterocycles. The molecule has 13 unspecified atom stereocenters. The van der Waals surface area contributed by atoms with Crippen LogP contribution >= 0.6 is 0 Å². The van der Waals surface area contributed by atoms with Crippen molar-refractivity contribution in [1.82, 2.24) is 26.6 Å². The molecule has 0 bridgehead atoms. The highest BCUT2D eigenvalue weighted by Crippen LogP contribution is 2.37. The van der Waals surface area contributed by atoms with Crippen molar-refractivity contribution in [2.45, 2.75) is 246 Å². The zero-order valence-corrected chi connectivity index (χ0v) is 50.1. The van der Waals surface area contributed by atoms with E-state index >= 15 is 0 Å². The Bertz CT molecular complexity index is 2350. The standard InChI is InChI=1S/C57H93N5O26/c1-6-7-8-9-10-11-12-13-14-18-80-32-17-15-16-30(19-32)53(78)62-38-33(20-31(21-63)43(72)44(38)73)81-49-35(23-65)83-55(40(46(49)75)59-27(3)69)87-51-37(25-67)85-57(42(48(51)77)61-29(5)71)88-52-36(24-66)84-56(41(47(52)76)60-28(4)70)86-50-34(22-64)82-54(79)39(45(50)74)58-26(2)68/h15-17,19,31,33-52,54-57,63-67,72-77,79H,6-14,18,20-25H2,1-5H3,(H,58,68)(H,59,69)(H,60,70)(H,61,71)(H,62,78)/t31?,33?,34?,35-,36-,37?,38+,39-,40?,41?,42-,43+,44+,45+,46?,47?,48+,49+,50?,51?,52+,54?,55?,56?,57-/m0/s1. The number of amides is 5. The maximum absolute atomic E-state index is 13.9. The summed E-state index contributed by atoms with van der Waals surface area (Å²) in [6, 6.07) is -1.66. The van der Waals surface area contributed by atoms with Gasteiger partial charge in [0.15, 0.2) is 25.2 Å². The predicted octanol–water partition coefficient (Wildman–Crippen LogP) is -5.34. The molecule has 1 aromatic carbocycles. The second kappa shape index (κ2) is 34.8. The van der Waals surface area contributed by atoms with Crippen LogP contribution in [-0.4, -0.2) is 277 Å². The molecule has 4 saturated heterocycles. The molecule has 5 fully saturated rings. The molecule has 1 saturated carbocycles. The zero-order chi connectivity index (χ0) is 64.5. The molecule has 31 nitrogen and oxygen atoms in total. The van der Waals surface area contributed by atoms with E-state index in [0.29, 0.717) is 12.4 Å². The van der Waals surface area contributed by atoms with Crippen molar-refractivity contribution in [3.8, 4) is 5.75 Å². The Morgan fingerprint density at radius 3 is 1.28 bits per heavy atom. The number of nitrogens with one attached hydrogen (secondary N) is 5. The lowest BCUT2D eigenvalue weighted by molar-refractivity contribution is -0.363. The van der Waals surface area contributed by atoms with Gasteiger partial charge in [-0.05, 0) is 31.0 Å². The van der Waals surface area contributed by atoms with Gasteiger partial charge in [0.25, 0.3) is 5.91 Å². The number of carbonyl (C=O) groups is 5. The fourth-order valence-corrected chi connectivity index (χ4v) is 11.9. The Morgan fingerprint density at radius 2 is 0.864 bits per heavy atom. The summed E-state index contributed by atoms with van der Waals surface area (Å²) in [6.07, 6.45) is -23.1. The maximum Gasteiger partial charge on any atom is 0.251 e. The zero-order valence-electron chi connectivity index (χ0n) is 50.1. The third-order valence-corrected chi connectivity index (χ3v) is 16.4. The van der Waals surface area contributed by atoms with Gasteiger partial charge in [-0.3, -0.25) is 24.0 Å². The number of benzene rings is 1. The molecular weight excluding hydrogens is 1170 g/mol. The van der Waals surface area contributed by atoms with E-state index < -0.39 is 215 Å². The lowest BCUT2D eigenvalue weighted by Crippen LogP contribution is -2.72. The first-order valence-electron chi connectivity index (χ1n) is 30.2. The number of ether oxygens (including phenoxy) is 9. The predicted molar refractivity (Wildman–Crippen MR) is 301 cm³/mol. The van der Waals surface area contributed by atoms with Gasteiger partial charge in [0.1, 0.15) is 109 Å². The Labute approximate surface area is 509 Å². The molecule has 4 aliphatic heterocycles. The number of rotatable bonds is 30. The van der Waals surface area contributed by atoms with Crippen LogP contribution in [0.5, 0.6) is 5.75 Å².